The Kier molecular flexibility index (Phi) is 7.31. The number of rotatable bonds is 9. The molecule has 0 fully saturated rings. The van der Waals surface area contributed by atoms with Crippen molar-refractivity contribution in [1.82, 2.24) is 10.3 Å². The predicted molar refractivity (Wildman–Crippen MR) is 82.3 cm³/mol. The van der Waals surface area contributed by atoms with Gasteiger partial charge in [0.2, 0.25) is 5.91 Å². The van der Waals surface area contributed by atoms with Crippen LogP contribution in [0.15, 0.2) is 5.38 Å². The Morgan fingerprint density at radius 2 is 2.19 bits per heavy atom. The van der Waals surface area contributed by atoms with Gasteiger partial charge in [-0.1, -0.05) is 13.3 Å². The SMILES string of the molecule is CCC(CCN)CCC(=O)NC(C)c1nc(C(=O)O)cs1. The van der Waals surface area contributed by atoms with Crippen LogP contribution in [0.2, 0.25) is 0 Å². The number of nitrogens with two attached hydrogens (primary N) is 1. The van der Waals surface area contributed by atoms with Gasteiger partial charge in [0, 0.05) is 11.8 Å². The summed E-state index contributed by atoms with van der Waals surface area (Å²) in [7, 11) is 0. The van der Waals surface area contributed by atoms with Gasteiger partial charge >= 0.3 is 5.97 Å². The molecule has 1 amide bonds. The number of carboxylic acids is 1. The van der Waals surface area contributed by atoms with E-state index in [1.807, 2.05) is 0 Å². The van der Waals surface area contributed by atoms with Crippen molar-refractivity contribution in [3.8, 4) is 0 Å². The highest BCUT2D eigenvalue weighted by molar-refractivity contribution is 7.09. The summed E-state index contributed by atoms with van der Waals surface area (Å²) in [4.78, 5) is 26.7. The van der Waals surface area contributed by atoms with E-state index in [2.05, 4.69) is 17.2 Å². The van der Waals surface area contributed by atoms with Gasteiger partial charge in [-0.2, -0.15) is 0 Å². The third kappa shape index (κ3) is 5.81. The molecule has 0 aliphatic heterocycles. The lowest BCUT2D eigenvalue weighted by Gasteiger charge is -2.15. The molecule has 7 heteroatoms. The Bertz CT molecular complexity index is 476. The predicted octanol–water partition coefficient (Wildman–Crippen LogP) is 2.17. The molecule has 0 aliphatic carbocycles. The van der Waals surface area contributed by atoms with Crippen molar-refractivity contribution in [2.24, 2.45) is 11.7 Å². The molecule has 0 saturated carbocycles. The fourth-order valence-corrected chi connectivity index (χ4v) is 2.88. The number of nitrogens with one attached hydrogen (secondary N) is 1. The van der Waals surface area contributed by atoms with Gasteiger partial charge in [0.15, 0.2) is 5.69 Å². The molecule has 1 aromatic rings. The molecule has 2 atom stereocenters. The first-order valence-electron chi connectivity index (χ1n) is 7.16. The number of hydrogen-bond donors (Lipinski definition) is 3. The molecule has 1 rings (SSSR count). The fourth-order valence-electron chi connectivity index (χ4n) is 2.08. The lowest BCUT2D eigenvalue weighted by Crippen LogP contribution is -2.27. The van der Waals surface area contributed by atoms with E-state index in [1.165, 1.54) is 16.7 Å². The molecule has 118 valence electrons. The highest BCUT2D eigenvalue weighted by atomic mass is 32.1. The van der Waals surface area contributed by atoms with Gasteiger partial charge in [-0.05, 0) is 32.2 Å². The zero-order chi connectivity index (χ0) is 15.8. The maximum absolute atomic E-state index is 11.9. The van der Waals surface area contributed by atoms with E-state index >= 15 is 0 Å². The van der Waals surface area contributed by atoms with E-state index in [0.717, 1.165) is 19.3 Å². The number of hydrogen-bond acceptors (Lipinski definition) is 5. The zero-order valence-electron chi connectivity index (χ0n) is 12.5. The molecule has 6 nitrogen and oxygen atoms in total. The fraction of sp³-hybridized carbons (Fsp3) is 0.643. The number of thiazole rings is 1. The summed E-state index contributed by atoms with van der Waals surface area (Å²) in [6, 6.07) is -0.273. The minimum Gasteiger partial charge on any atom is -0.476 e. The molecule has 4 N–H and O–H groups in total. The molecule has 1 aromatic heterocycles. The smallest absolute Gasteiger partial charge is 0.355 e. The molecular weight excluding hydrogens is 290 g/mol. The monoisotopic (exact) mass is 313 g/mol. The van der Waals surface area contributed by atoms with Crippen molar-refractivity contribution in [2.75, 3.05) is 6.54 Å². The Labute approximate surface area is 128 Å². The van der Waals surface area contributed by atoms with Crippen LogP contribution in [0.3, 0.4) is 0 Å². The lowest BCUT2D eigenvalue weighted by molar-refractivity contribution is -0.122. The number of carbonyl (C=O) groups is 2. The maximum atomic E-state index is 11.9. The standard InChI is InChI=1S/C14H23N3O3S/c1-3-10(6-7-15)4-5-12(18)16-9(2)13-17-11(8-21-13)14(19)20/h8-10H,3-7,15H2,1-2H3,(H,16,18)(H,19,20). The largest absolute Gasteiger partial charge is 0.476 e. The topological polar surface area (TPSA) is 105 Å². The van der Waals surface area contributed by atoms with E-state index in [1.54, 1.807) is 6.92 Å². The van der Waals surface area contributed by atoms with Crippen LogP contribution in [-0.2, 0) is 4.79 Å². The average Bonchev–Trinajstić information content (AvgIpc) is 2.93. The highest BCUT2D eigenvalue weighted by Crippen LogP contribution is 2.19. The number of carboxylic acid groups (broad SMARTS) is 1. The van der Waals surface area contributed by atoms with Crippen molar-refractivity contribution in [3.63, 3.8) is 0 Å². The third-order valence-corrected chi connectivity index (χ3v) is 4.45. The van der Waals surface area contributed by atoms with Crippen molar-refractivity contribution in [1.29, 1.82) is 0 Å². The molecule has 0 spiro atoms. The summed E-state index contributed by atoms with van der Waals surface area (Å²) in [6.07, 6.45) is 3.24. The molecule has 0 saturated heterocycles. The molecule has 1 heterocycles. The molecular formula is C14H23N3O3S. The van der Waals surface area contributed by atoms with Crippen molar-refractivity contribution in [2.45, 2.75) is 45.6 Å². The van der Waals surface area contributed by atoms with Crippen LogP contribution < -0.4 is 11.1 Å². The second kappa shape index (κ2) is 8.74. The summed E-state index contributed by atoms with van der Waals surface area (Å²) in [5.74, 6) is -0.608. The van der Waals surface area contributed by atoms with Gasteiger partial charge in [0.25, 0.3) is 0 Å². The molecule has 0 radical (unpaired) electrons. The van der Waals surface area contributed by atoms with E-state index in [0.29, 0.717) is 23.9 Å². The van der Waals surface area contributed by atoms with Crippen LogP contribution in [0.25, 0.3) is 0 Å². The molecule has 2 unspecified atom stereocenters. The van der Waals surface area contributed by atoms with E-state index < -0.39 is 5.97 Å². The third-order valence-electron chi connectivity index (χ3n) is 3.42. The molecule has 21 heavy (non-hydrogen) atoms. The van der Waals surface area contributed by atoms with Crippen LogP contribution in [0.5, 0.6) is 0 Å². The van der Waals surface area contributed by atoms with Crippen LogP contribution >= 0.6 is 11.3 Å². The average molecular weight is 313 g/mol. The summed E-state index contributed by atoms with van der Waals surface area (Å²) in [6.45, 7) is 4.55. The number of nitrogens with zero attached hydrogens (tertiary/aromatic N) is 1. The summed E-state index contributed by atoms with van der Waals surface area (Å²) >= 11 is 1.24. The van der Waals surface area contributed by atoms with Gasteiger partial charge < -0.3 is 16.2 Å². The Morgan fingerprint density at radius 3 is 2.71 bits per heavy atom. The van der Waals surface area contributed by atoms with Crippen molar-refractivity contribution in [3.05, 3.63) is 16.1 Å². The molecule has 0 aliphatic rings. The van der Waals surface area contributed by atoms with E-state index in [4.69, 9.17) is 10.8 Å². The second-order valence-electron chi connectivity index (χ2n) is 5.06. The van der Waals surface area contributed by atoms with Gasteiger partial charge in [-0.3, -0.25) is 4.79 Å². The minimum atomic E-state index is -1.05. The quantitative estimate of drug-likeness (QED) is 0.648. The molecule has 0 bridgehead atoms. The van der Waals surface area contributed by atoms with Gasteiger partial charge in [-0.25, -0.2) is 9.78 Å². The summed E-state index contributed by atoms with van der Waals surface area (Å²) in [5, 5.41) is 13.8. The van der Waals surface area contributed by atoms with Crippen molar-refractivity contribution < 1.29 is 14.7 Å². The second-order valence-corrected chi connectivity index (χ2v) is 5.95. The van der Waals surface area contributed by atoms with Gasteiger partial charge in [0.05, 0.1) is 6.04 Å². The minimum absolute atomic E-state index is 0.0186. The van der Waals surface area contributed by atoms with Gasteiger partial charge in [-0.15, -0.1) is 11.3 Å². The number of amides is 1. The van der Waals surface area contributed by atoms with Crippen LogP contribution in [0, 0.1) is 5.92 Å². The normalized spacial score (nSPS) is 13.7. The Balaban J connectivity index is 2.44. The van der Waals surface area contributed by atoms with E-state index in [-0.39, 0.29) is 17.6 Å². The summed E-state index contributed by atoms with van der Waals surface area (Å²) in [5.41, 5.74) is 5.56. The number of carbonyl (C=O) groups excluding carboxylic acids is 1. The van der Waals surface area contributed by atoms with Crippen LogP contribution in [-0.4, -0.2) is 28.5 Å². The first-order chi connectivity index (χ1) is 9.97. The van der Waals surface area contributed by atoms with Crippen molar-refractivity contribution >= 4 is 23.2 Å². The first-order valence-corrected chi connectivity index (χ1v) is 8.04. The first kappa shape index (κ1) is 17.6. The van der Waals surface area contributed by atoms with Crippen LogP contribution in [0.4, 0.5) is 0 Å². The highest BCUT2D eigenvalue weighted by Gasteiger charge is 2.16. The van der Waals surface area contributed by atoms with E-state index in [9.17, 15) is 9.59 Å². The molecule has 0 aromatic carbocycles. The number of aromatic nitrogens is 1. The number of aromatic carboxylic acids is 1. The lowest BCUT2D eigenvalue weighted by atomic mass is 9.96. The Hall–Kier alpha value is -1.47. The Morgan fingerprint density at radius 1 is 1.48 bits per heavy atom. The summed E-state index contributed by atoms with van der Waals surface area (Å²) < 4.78 is 0. The van der Waals surface area contributed by atoms with Gasteiger partial charge in [0.1, 0.15) is 5.01 Å². The zero-order valence-corrected chi connectivity index (χ0v) is 13.3. The van der Waals surface area contributed by atoms with Crippen LogP contribution in [0.1, 0.15) is 61.1 Å². The maximum Gasteiger partial charge on any atom is 0.355 e.